The van der Waals surface area contributed by atoms with Crippen molar-refractivity contribution < 1.29 is 4.79 Å². The lowest BCUT2D eigenvalue weighted by molar-refractivity contribution is 0.1000. The Bertz CT molecular complexity index is 1430. The molecule has 0 radical (unpaired) electrons. The van der Waals surface area contributed by atoms with Gasteiger partial charge in [0.1, 0.15) is 5.56 Å². The number of fused-ring (bicyclic) bond motifs is 3. The maximum atomic E-state index is 13.6. The van der Waals surface area contributed by atoms with Gasteiger partial charge in [0, 0.05) is 44.6 Å². The number of aryl methyl sites for hydroxylation is 1. The van der Waals surface area contributed by atoms with E-state index in [1.165, 1.54) is 11.1 Å². The number of aromatic nitrogens is 2. The van der Waals surface area contributed by atoms with Crippen molar-refractivity contribution >= 4 is 75.5 Å². The highest BCUT2D eigenvalue weighted by molar-refractivity contribution is 6.43. The number of amides is 1. The highest BCUT2D eigenvalue weighted by atomic mass is 35.5. The van der Waals surface area contributed by atoms with Crippen molar-refractivity contribution in [2.45, 2.75) is 6.92 Å². The molecule has 2 aromatic carbocycles. The number of nitrogens with zero attached hydrogens (tertiary/aromatic N) is 7. The number of guanidine groups is 1. The van der Waals surface area contributed by atoms with Crippen LogP contribution in [0.15, 0.2) is 41.5 Å². The molecular formula is C26H25Cl3N8O. The van der Waals surface area contributed by atoms with Crippen LogP contribution < -0.4 is 20.0 Å². The Morgan fingerprint density at radius 2 is 1.68 bits per heavy atom. The summed E-state index contributed by atoms with van der Waals surface area (Å²) in [4.78, 5) is 35.3. The van der Waals surface area contributed by atoms with Crippen molar-refractivity contribution in [3.63, 3.8) is 0 Å². The first-order chi connectivity index (χ1) is 18.3. The topological polar surface area (TPSA) is 80.2 Å². The molecule has 38 heavy (non-hydrogen) atoms. The smallest absolute Gasteiger partial charge is 0.270 e. The van der Waals surface area contributed by atoms with E-state index < -0.39 is 0 Å². The minimum Gasteiger partial charge on any atom is -0.368 e. The zero-order chi connectivity index (χ0) is 26.6. The van der Waals surface area contributed by atoms with Gasteiger partial charge in [-0.25, -0.2) is 9.88 Å². The Morgan fingerprint density at radius 3 is 2.39 bits per heavy atom. The molecule has 1 saturated heterocycles. The van der Waals surface area contributed by atoms with Gasteiger partial charge in [-0.1, -0.05) is 40.9 Å². The van der Waals surface area contributed by atoms with Gasteiger partial charge < -0.3 is 15.1 Å². The summed E-state index contributed by atoms with van der Waals surface area (Å²) in [6.45, 7) is 6.99. The van der Waals surface area contributed by atoms with Gasteiger partial charge in [0.2, 0.25) is 11.9 Å². The average molecular weight is 572 g/mol. The molecule has 196 valence electrons. The number of para-hydroxylation sites is 1. The molecule has 3 aromatic rings. The van der Waals surface area contributed by atoms with Gasteiger partial charge in [-0.3, -0.25) is 14.7 Å². The number of piperazine rings is 1. The van der Waals surface area contributed by atoms with Crippen LogP contribution in [0.1, 0.15) is 15.9 Å². The first kappa shape index (κ1) is 25.2. The van der Waals surface area contributed by atoms with Gasteiger partial charge in [0.05, 0.1) is 33.0 Å². The van der Waals surface area contributed by atoms with Gasteiger partial charge >= 0.3 is 0 Å². The molecule has 6 rings (SSSR count). The van der Waals surface area contributed by atoms with Crippen LogP contribution in [0, 0.1) is 6.92 Å². The predicted octanol–water partition coefficient (Wildman–Crippen LogP) is 5.08. The van der Waals surface area contributed by atoms with Gasteiger partial charge in [-0.05, 0) is 43.8 Å². The first-order valence-corrected chi connectivity index (χ1v) is 13.4. The quantitative estimate of drug-likeness (QED) is 0.468. The number of hydrogen-bond donors (Lipinski definition) is 1. The number of anilines is 5. The van der Waals surface area contributed by atoms with E-state index in [1.807, 2.05) is 17.0 Å². The summed E-state index contributed by atoms with van der Waals surface area (Å²) < 4.78 is 0. The lowest BCUT2D eigenvalue weighted by atomic mass is 10.1. The van der Waals surface area contributed by atoms with Crippen LogP contribution in [-0.2, 0) is 0 Å². The van der Waals surface area contributed by atoms with Crippen molar-refractivity contribution in [1.29, 1.82) is 0 Å². The average Bonchev–Trinajstić information content (AvgIpc) is 3.36. The van der Waals surface area contributed by atoms with E-state index in [2.05, 4.69) is 39.1 Å². The van der Waals surface area contributed by atoms with E-state index in [-0.39, 0.29) is 5.91 Å². The number of rotatable bonds is 4. The molecule has 1 amide bonds. The Hall–Kier alpha value is -3.11. The van der Waals surface area contributed by atoms with Crippen molar-refractivity contribution in [2.75, 3.05) is 66.3 Å². The zero-order valence-electron chi connectivity index (χ0n) is 20.9. The van der Waals surface area contributed by atoms with Crippen LogP contribution >= 0.6 is 34.8 Å². The van der Waals surface area contributed by atoms with Crippen LogP contribution in [0.4, 0.5) is 28.8 Å². The van der Waals surface area contributed by atoms with Crippen molar-refractivity contribution in [2.24, 2.45) is 4.99 Å². The molecule has 1 N–H and O–H groups in total. The third kappa shape index (κ3) is 4.33. The SMILES string of the molecule is Cc1cc(Nc2ncc3c(n2)N2CCN=C2N(c2c(Cl)cccc2Cl)C3=O)cc(Cl)c1N1CCN(C)CC1. The number of halogens is 3. The number of carbonyl (C=O) groups excluding carboxylic acids is 1. The molecular weight excluding hydrogens is 547 g/mol. The molecule has 0 aliphatic carbocycles. The van der Waals surface area contributed by atoms with Gasteiger partial charge in [-0.15, -0.1) is 0 Å². The summed E-state index contributed by atoms with van der Waals surface area (Å²) in [7, 11) is 2.13. The number of likely N-dealkylation sites (N-methyl/N-ethyl adjacent to an activating group) is 1. The molecule has 3 aliphatic heterocycles. The maximum Gasteiger partial charge on any atom is 0.270 e. The van der Waals surface area contributed by atoms with Crippen LogP contribution in [0.25, 0.3) is 0 Å². The fourth-order valence-electron chi connectivity index (χ4n) is 5.10. The van der Waals surface area contributed by atoms with Crippen LogP contribution in [0.3, 0.4) is 0 Å². The Labute approximate surface area is 235 Å². The Balaban J connectivity index is 1.31. The number of benzene rings is 2. The summed E-state index contributed by atoms with van der Waals surface area (Å²) in [5, 5.41) is 4.65. The van der Waals surface area contributed by atoms with E-state index in [4.69, 9.17) is 39.8 Å². The van der Waals surface area contributed by atoms with Crippen LogP contribution in [-0.4, -0.2) is 73.1 Å². The first-order valence-electron chi connectivity index (χ1n) is 12.3. The highest BCUT2D eigenvalue weighted by Gasteiger charge is 2.41. The third-order valence-corrected chi connectivity index (χ3v) is 7.86. The van der Waals surface area contributed by atoms with Crippen LogP contribution in [0.5, 0.6) is 0 Å². The summed E-state index contributed by atoms with van der Waals surface area (Å²) in [6, 6.07) is 9.04. The minimum atomic E-state index is -0.339. The van der Waals surface area contributed by atoms with Crippen molar-refractivity contribution in [3.8, 4) is 0 Å². The van der Waals surface area contributed by atoms with E-state index in [9.17, 15) is 4.79 Å². The molecule has 12 heteroatoms. The Kier molecular flexibility index (Phi) is 6.55. The van der Waals surface area contributed by atoms with Gasteiger partial charge in [0.15, 0.2) is 5.82 Å². The normalized spacial score (nSPS) is 17.4. The molecule has 1 aromatic heterocycles. The highest BCUT2D eigenvalue weighted by Crippen LogP contribution is 2.40. The fourth-order valence-corrected chi connectivity index (χ4v) is 6.05. The minimum absolute atomic E-state index is 0.339. The van der Waals surface area contributed by atoms with Gasteiger partial charge in [-0.2, -0.15) is 4.98 Å². The second kappa shape index (κ2) is 9.89. The molecule has 9 nitrogen and oxygen atoms in total. The lowest BCUT2D eigenvalue weighted by Gasteiger charge is -2.35. The standard InChI is InChI=1S/C26H25Cl3N8O/c1-15-12-16(13-20(29)21(15)35-10-8-34(2)9-11-35)32-25-31-14-17-23(33-25)36-7-6-30-26(36)37(24(17)38)22-18(27)4-3-5-19(22)28/h3-5,12-14H,6-11H2,1-2H3,(H,31,32,33). The lowest BCUT2D eigenvalue weighted by Crippen LogP contribution is -2.51. The monoisotopic (exact) mass is 570 g/mol. The summed E-state index contributed by atoms with van der Waals surface area (Å²) >= 11 is 19.6. The molecule has 0 saturated carbocycles. The maximum absolute atomic E-state index is 13.6. The van der Waals surface area contributed by atoms with E-state index in [1.54, 1.807) is 18.2 Å². The largest absolute Gasteiger partial charge is 0.368 e. The number of hydrogen-bond acceptors (Lipinski definition) is 8. The summed E-state index contributed by atoms with van der Waals surface area (Å²) in [5.74, 6) is 0.946. The summed E-state index contributed by atoms with van der Waals surface area (Å²) in [6.07, 6.45) is 1.52. The van der Waals surface area contributed by atoms with Crippen molar-refractivity contribution in [3.05, 3.63) is 62.7 Å². The number of aliphatic imine (C=N–C) groups is 1. The molecule has 0 atom stereocenters. The van der Waals surface area contributed by atoms with E-state index >= 15 is 0 Å². The van der Waals surface area contributed by atoms with E-state index in [0.29, 0.717) is 57.1 Å². The zero-order valence-corrected chi connectivity index (χ0v) is 23.1. The molecule has 1 fully saturated rings. The Morgan fingerprint density at radius 1 is 0.947 bits per heavy atom. The summed E-state index contributed by atoms with van der Waals surface area (Å²) in [5.41, 5.74) is 3.63. The predicted molar refractivity (Wildman–Crippen MR) is 154 cm³/mol. The van der Waals surface area contributed by atoms with Gasteiger partial charge in [0.25, 0.3) is 5.91 Å². The molecule has 3 aliphatic rings. The second-order valence-electron chi connectivity index (χ2n) is 9.51. The second-order valence-corrected chi connectivity index (χ2v) is 10.7. The third-order valence-electron chi connectivity index (χ3n) is 6.97. The molecule has 4 heterocycles. The van der Waals surface area contributed by atoms with E-state index in [0.717, 1.165) is 43.1 Å². The van der Waals surface area contributed by atoms with Crippen LogP contribution in [0.2, 0.25) is 15.1 Å². The fraction of sp³-hybridized carbons (Fsp3) is 0.308. The number of carbonyl (C=O) groups is 1. The number of nitrogens with one attached hydrogen (secondary N) is 1. The molecule has 0 unspecified atom stereocenters. The van der Waals surface area contributed by atoms with Crippen molar-refractivity contribution in [1.82, 2.24) is 14.9 Å². The molecule has 0 bridgehead atoms. The molecule has 0 spiro atoms.